The second kappa shape index (κ2) is 7.18. The van der Waals surface area contributed by atoms with E-state index in [0.717, 1.165) is 61.3 Å². The molecule has 2 aliphatic rings. The zero-order chi connectivity index (χ0) is 20.2. The van der Waals surface area contributed by atoms with E-state index in [4.69, 9.17) is 4.98 Å². The van der Waals surface area contributed by atoms with Gasteiger partial charge in [0.05, 0.1) is 6.04 Å². The lowest BCUT2D eigenvalue weighted by Crippen LogP contribution is -2.28. The van der Waals surface area contributed by atoms with Crippen molar-refractivity contribution in [2.75, 3.05) is 33.2 Å². The number of rotatable bonds is 1. The van der Waals surface area contributed by atoms with E-state index in [1.54, 1.807) is 0 Å². The molecule has 2 N–H and O–H groups in total. The Bertz CT molecular complexity index is 1260. The van der Waals surface area contributed by atoms with Crippen LogP contribution in [0.25, 0.3) is 22.1 Å². The monoisotopic (exact) mass is 464 g/mol. The Hall–Kier alpha value is -2.22. The Morgan fingerprint density at radius 2 is 2.00 bits per heavy atom. The first-order valence-corrected chi connectivity index (χ1v) is 11.5. The zero-order valence-corrected chi connectivity index (χ0v) is 18.7. The maximum absolute atomic E-state index is 4.99. The van der Waals surface area contributed by atoms with E-state index in [0.29, 0.717) is 0 Å². The first-order chi connectivity index (χ1) is 14.7. The van der Waals surface area contributed by atoms with Crippen LogP contribution in [-0.4, -0.2) is 57.6 Å². The van der Waals surface area contributed by atoms with Gasteiger partial charge in [0.25, 0.3) is 0 Å². The molecule has 1 unspecified atom stereocenters. The van der Waals surface area contributed by atoms with Crippen molar-refractivity contribution in [3.63, 3.8) is 0 Å². The van der Waals surface area contributed by atoms with Crippen molar-refractivity contribution in [2.45, 2.75) is 25.3 Å². The van der Waals surface area contributed by atoms with E-state index in [2.05, 4.69) is 72.0 Å². The van der Waals surface area contributed by atoms with Crippen molar-refractivity contribution in [1.29, 1.82) is 0 Å². The lowest BCUT2D eigenvalue weighted by atomic mass is 10.0. The molecule has 4 aromatic rings. The van der Waals surface area contributed by atoms with Crippen molar-refractivity contribution < 1.29 is 0 Å². The fraction of sp³-hybridized carbons (Fsp3) is 0.391. The van der Waals surface area contributed by atoms with Gasteiger partial charge in [0.1, 0.15) is 15.9 Å². The number of likely N-dealkylation sites (N-methyl/N-ethyl adjacent to an activating group) is 1. The summed E-state index contributed by atoms with van der Waals surface area (Å²) in [7, 11) is 2.23. The lowest BCUT2D eigenvalue weighted by Gasteiger charge is -2.25. The number of aromatic nitrogens is 4. The van der Waals surface area contributed by atoms with Gasteiger partial charge >= 0.3 is 0 Å². The van der Waals surface area contributed by atoms with Crippen molar-refractivity contribution >= 4 is 38.0 Å². The van der Waals surface area contributed by atoms with Crippen LogP contribution >= 0.6 is 15.9 Å². The number of nitrogens with one attached hydrogen (secondary N) is 2. The molecule has 6 heterocycles. The highest BCUT2D eigenvalue weighted by Crippen LogP contribution is 2.38. The van der Waals surface area contributed by atoms with E-state index in [9.17, 15) is 0 Å². The largest absolute Gasteiger partial charge is 0.343 e. The number of hydrogen-bond donors (Lipinski definition) is 2. The molecule has 0 aromatic carbocycles. The maximum Gasteiger partial charge on any atom is 0.142 e. The molecule has 4 aromatic heterocycles. The van der Waals surface area contributed by atoms with Crippen LogP contribution < -0.4 is 5.32 Å². The normalized spacial score (nSPS) is 20.1. The van der Waals surface area contributed by atoms with Crippen molar-refractivity contribution in [2.24, 2.45) is 0 Å². The fourth-order valence-corrected chi connectivity index (χ4v) is 5.67. The molecule has 2 aliphatic heterocycles. The Morgan fingerprint density at radius 1 is 1.10 bits per heavy atom. The summed E-state index contributed by atoms with van der Waals surface area (Å²) in [4.78, 5) is 15.7. The molecule has 0 radical (unpaired) electrons. The predicted octanol–water partition coefficient (Wildman–Crippen LogP) is 3.44. The maximum atomic E-state index is 4.99. The van der Waals surface area contributed by atoms with E-state index < -0.39 is 0 Å². The second-order valence-electron chi connectivity index (χ2n) is 8.50. The molecule has 0 fully saturated rings. The molecule has 7 heteroatoms. The molecule has 30 heavy (non-hydrogen) atoms. The van der Waals surface area contributed by atoms with Gasteiger partial charge in [-0.15, -0.1) is 0 Å². The van der Waals surface area contributed by atoms with Crippen molar-refractivity contribution in [1.82, 2.24) is 29.7 Å². The number of aromatic amines is 1. The smallest absolute Gasteiger partial charge is 0.142 e. The molecule has 0 aliphatic carbocycles. The Kier molecular flexibility index (Phi) is 4.44. The molecular formula is C23H25BrN6. The summed E-state index contributed by atoms with van der Waals surface area (Å²) in [5.41, 5.74) is 7.69. The zero-order valence-electron chi connectivity index (χ0n) is 17.1. The van der Waals surface area contributed by atoms with Gasteiger partial charge in [-0.1, -0.05) is 0 Å². The molecule has 0 amide bonds. The van der Waals surface area contributed by atoms with Crippen LogP contribution in [0.2, 0.25) is 0 Å². The molecule has 6 rings (SSSR count). The molecule has 0 saturated heterocycles. The van der Waals surface area contributed by atoms with Crippen LogP contribution in [0.15, 0.2) is 35.1 Å². The van der Waals surface area contributed by atoms with Gasteiger partial charge in [0.2, 0.25) is 0 Å². The summed E-state index contributed by atoms with van der Waals surface area (Å²) in [6.07, 6.45) is 4.96. The van der Waals surface area contributed by atoms with Gasteiger partial charge in [-0.2, -0.15) is 0 Å². The SMILES string of the molecule is CN1CCc2[nH]c3ncccc3c2C(n2c3c(c4ccc(Br)nc42)CCNCC3)C1. The summed E-state index contributed by atoms with van der Waals surface area (Å²) in [6, 6.07) is 8.79. The summed E-state index contributed by atoms with van der Waals surface area (Å²) in [6.45, 7) is 4.04. The van der Waals surface area contributed by atoms with Crippen LogP contribution in [0.1, 0.15) is 28.6 Å². The highest BCUT2D eigenvalue weighted by molar-refractivity contribution is 9.10. The predicted molar refractivity (Wildman–Crippen MR) is 123 cm³/mol. The summed E-state index contributed by atoms with van der Waals surface area (Å²) in [5, 5.41) is 6.12. The molecule has 0 bridgehead atoms. The number of halogens is 1. The van der Waals surface area contributed by atoms with Crippen LogP contribution in [0.4, 0.5) is 0 Å². The van der Waals surface area contributed by atoms with Gasteiger partial charge in [-0.25, -0.2) is 9.97 Å². The average Bonchev–Trinajstić information content (AvgIpc) is 3.07. The Morgan fingerprint density at radius 3 is 2.93 bits per heavy atom. The van der Waals surface area contributed by atoms with E-state index in [1.807, 2.05) is 6.20 Å². The van der Waals surface area contributed by atoms with E-state index in [-0.39, 0.29) is 6.04 Å². The molecule has 6 nitrogen and oxygen atoms in total. The number of hydrogen-bond acceptors (Lipinski definition) is 4. The Labute approximate surface area is 183 Å². The summed E-state index contributed by atoms with van der Waals surface area (Å²) >= 11 is 3.63. The van der Waals surface area contributed by atoms with E-state index >= 15 is 0 Å². The summed E-state index contributed by atoms with van der Waals surface area (Å²) in [5.74, 6) is 0. The third-order valence-electron chi connectivity index (χ3n) is 6.69. The minimum atomic E-state index is 0.205. The van der Waals surface area contributed by atoms with Gasteiger partial charge in [-0.3, -0.25) is 0 Å². The highest BCUT2D eigenvalue weighted by atomic mass is 79.9. The van der Waals surface area contributed by atoms with Gasteiger partial charge in [0, 0.05) is 66.4 Å². The minimum absolute atomic E-state index is 0.205. The number of nitrogens with zero attached hydrogens (tertiary/aromatic N) is 4. The van der Waals surface area contributed by atoms with E-state index in [1.165, 1.54) is 33.3 Å². The van der Waals surface area contributed by atoms with Crippen LogP contribution in [0.3, 0.4) is 0 Å². The lowest BCUT2D eigenvalue weighted by molar-refractivity contribution is 0.310. The third kappa shape index (κ3) is 2.83. The highest BCUT2D eigenvalue weighted by Gasteiger charge is 2.31. The number of pyridine rings is 2. The van der Waals surface area contributed by atoms with Crippen molar-refractivity contribution in [3.05, 3.63) is 57.6 Å². The molecule has 0 saturated carbocycles. The molecule has 1 atom stereocenters. The average molecular weight is 465 g/mol. The van der Waals surface area contributed by atoms with Gasteiger partial charge in [0.15, 0.2) is 0 Å². The van der Waals surface area contributed by atoms with Crippen molar-refractivity contribution in [3.8, 4) is 0 Å². The second-order valence-corrected chi connectivity index (χ2v) is 9.31. The molecule has 154 valence electrons. The van der Waals surface area contributed by atoms with Crippen LogP contribution in [-0.2, 0) is 19.3 Å². The topological polar surface area (TPSA) is 61.8 Å². The number of fused-ring (bicyclic) bond motifs is 6. The molecule has 0 spiro atoms. The third-order valence-corrected chi connectivity index (χ3v) is 7.13. The molecular weight excluding hydrogens is 440 g/mol. The van der Waals surface area contributed by atoms with Crippen LogP contribution in [0.5, 0.6) is 0 Å². The fourth-order valence-electron chi connectivity index (χ4n) is 5.37. The quantitative estimate of drug-likeness (QED) is 0.423. The Balaban J connectivity index is 1.67. The number of H-pyrrole nitrogens is 1. The van der Waals surface area contributed by atoms with Gasteiger partial charge in [-0.05, 0) is 65.8 Å². The van der Waals surface area contributed by atoms with Crippen LogP contribution in [0, 0.1) is 0 Å². The first kappa shape index (κ1) is 18.5. The van der Waals surface area contributed by atoms with Gasteiger partial charge < -0.3 is 19.8 Å². The summed E-state index contributed by atoms with van der Waals surface area (Å²) < 4.78 is 3.44. The standard InChI is InChI=1S/C23H25BrN6/c1-29-12-8-17-21(16-3-2-9-26-22(16)27-17)19(13-29)30-18-7-11-25-10-6-14(18)15-4-5-20(24)28-23(15)30/h2-5,9,19,25H,6-8,10-13H2,1H3,(H,26,27). The first-order valence-electron chi connectivity index (χ1n) is 10.7. The minimum Gasteiger partial charge on any atom is -0.343 e.